The third-order valence-electron chi connectivity index (χ3n) is 3.48. The summed E-state index contributed by atoms with van der Waals surface area (Å²) >= 11 is 6.03. The summed E-state index contributed by atoms with van der Waals surface area (Å²) < 4.78 is 11.3. The number of hydrogen-bond acceptors (Lipinski definition) is 3. The Morgan fingerprint density at radius 1 is 1.08 bits per heavy atom. The first-order chi connectivity index (χ1) is 11.5. The van der Waals surface area contributed by atoms with Gasteiger partial charge in [0, 0.05) is 0 Å². The number of carbonyl (C=O) groups excluding carboxylic acids is 1. The van der Waals surface area contributed by atoms with Crippen LogP contribution in [0.4, 0.5) is 0 Å². The Kier molecular flexibility index (Phi) is 6.50. The third kappa shape index (κ3) is 5.17. The molecule has 0 saturated carbocycles. The molecule has 5 heteroatoms. The molecule has 128 valence electrons. The van der Waals surface area contributed by atoms with Crippen molar-refractivity contribution >= 4 is 17.5 Å². The van der Waals surface area contributed by atoms with E-state index in [0.29, 0.717) is 17.4 Å². The highest BCUT2D eigenvalue weighted by Gasteiger charge is 2.18. The zero-order valence-corrected chi connectivity index (χ0v) is 14.8. The van der Waals surface area contributed by atoms with Gasteiger partial charge in [-0.1, -0.05) is 41.9 Å². The Hall–Kier alpha value is -2.20. The molecule has 0 radical (unpaired) electrons. The highest BCUT2D eigenvalue weighted by molar-refractivity contribution is 6.32. The number of hydrogen-bond donors (Lipinski definition) is 1. The lowest BCUT2D eigenvalue weighted by Gasteiger charge is -2.20. The number of amides is 1. The number of benzene rings is 2. The SMILES string of the molecule is Cc1ccccc1OC[C@@H](C)NC(=O)[C@H](C)Oc1ccccc1Cl. The van der Waals surface area contributed by atoms with Crippen molar-refractivity contribution in [2.75, 3.05) is 6.61 Å². The lowest BCUT2D eigenvalue weighted by atomic mass is 10.2. The molecular weight excluding hydrogens is 326 g/mol. The van der Waals surface area contributed by atoms with Gasteiger partial charge in [-0.05, 0) is 44.5 Å². The van der Waals surface area contributed by atoms with Gasteiger partial charge in [-0.15, -0.1) is 0 Å². The molecule has 0 heterocycles. The largest absolute Gasteiger partial charge is 0.491 e. The Morgan fingerprint density at radius 2 is 1.71 bits per heavy atom. The Morgan fingerprint density at radius 3 is 2.38 bits per heavy atom. The highest BCUT2D eigenvalue weighted by Crippen LogP contribution is 2.24. The van der Waals surface area contributed by atoms with Crippen molar-refractivity contribution in [2.24, 2.45) is 0 Å². The average molecular weight is 348 g/mol. The van der Waals surface area contributed by atoms with Gasteiger partial charge >= 0.3 is 0 Å². The van der Waals surface area contributed by atoms with Crippen LogP contribution >= 0.6 is 11.6 Å². The van der Waals surface area contributed by atoms with Crippen LogP contribution in [-0.4, -0.2) is 24.7 Å². The van der Waals surface area contributed by atoms with E-state index in [1.807, 2.05) is 50.2 Å². The zero-order chi connectivity index (χ0) is 17.5. The van der Waals surface area contributed by atoms with Gasteiger partial charge in [0.2, 0.25) is 0 Å². The van der Waals surface area contributed by atoms with Gasteiger partial charge < -0.3 is 14.8 Å². The van der Waals surface area contributed by atoms with Crippen molar-refractivity contribution in [3.63, 3.8) is 0 Å². The van der Waals surface area contributed by atoms with Gasteiger partial charge in [0.1, 0.15) is 18.1 Å². The van der Waals surface area contributed by atoms with E-state index in [9.17, 15) is 4.79 Å². The minimum absolute atomic E-state index is 0.144. The summed E-state index contributed by atoms with van der Waals surface area (Å²) in [7, 11) is 0. The van der Waals surface area contributed by atoms with Gasteiger partial charge in [0.25, 0.3) is 5.91 Å². The van der Waals surface area contributed by atoms with E-state index in [1.54, 1.807) is 19.1 Å². The maximum atomic E-state index is 12.2. The second-order valence-corrected chi connectivity index (χ2v) is 6.08. The van der Waals surface area contributed by atoms with Gasteiger partial charge in [0.05, 0.1) is 11.1 Å². The van der Waals surface area contributed by atoms with Crippen molar-refractivity contribution in [3.8, 4) is 11.5 Å². The number of para-hydroxylation sites is 2. The molecule has 0 aliphatic carbocycles. The summed E-state index contributed by atoms with van der Waals surface area (Å²) in [6.45, 7) is 5.94. The fourth-order valence-electron chi connectivity index (χ4n) is 2.12. The third-order valence-corrected chi connectivity index (χ3v) is 3.79. The molecule has 24 heavy (non-hydrogen) atoms. The molecule has 2 aromatic carbocycles. The van der Waals surface area contributed by atoms with Gasteiger partial charge in [0.15, 0.2) is 6.10 Å². The molecule has 2 atom stereocenters. The van der Waals surface area contributed by atoms with Crippen molar-refractivity contribution < 1.29 is 14.3 Å². The lowest BCUT2D eigenvalue weighted by Crippen LogP contribution is -2.43. The number of carbonyl (C=O) groups is 1. The molecule has 4 nitrogen and oxygen atoms in total. The minimum Gasteiger partial charge on any atom is -0.491 e. The molecule has 2 rings (SSSR count). The lowest BCUT2D eigenvalue weighted by molar-refractivity contribution is -0.128. The van der Waals surface area contributed by atoms with Crippen LogP contribution in [0.15, 0.2) is 48.5 Å². The quantitative estimate of drug-likeness (QED) is 0.823. The standard InChI is InChI=1S/C19H22ClNO3/c1-13-8-4-6-10-17(13)23-12-14(2)21-19(22)15(3)24-18-11-7-5-9-16(18)20/h4-11,14-15H,12H2,1-3H3,(H,21,22)/t14-,15+/m1/s1. The van der Waals surface area contributed by atoms with Gasteiger partial charge in [-0.2, -0.15) is 0 Å². The molecule has 1 N–H and O–H groups in total. The topological polar surface area (TPSA) is 47.6 Å². The second-order valence-electron chi connectivity index (χ2n) is 5.68. The highest BCUT2D eigenvalue weighted by atomic mass is 35.5. The van der Waals surface area contributed by atoms with Crippen molar-refractivity contribution in [3.05, 3.63) is 59.1 Å². The summed E-state index contributed by atoms with van der Waals surface area (Å²) in [4.78, 5) is 12.2. The molecule has 0 fully saturated rings. The number of aryl methyl sites for hydroxylation is 1. The fraction of sp³-hybridized carbons (Fsp3) is 0.316. The minimum atomic E-state index is -0.647. The molecule has 0 unspecified atom stereocenters. The number of ether oxygens (including phenoxy) is 2. The maximum Gasteiger partial charge on any atom is 0.261 e. The fourth-order valence-corrected chi connectivity index (χ4v) is 2.30. The average Bonchev–Trinajstić information content (AvgIpc) is 2.56. The van der Waals surface area contributed by atoms with Crippen LogP contribution in [0.3, 0.4) is 0 Å². The van der Waals surface area contributed by atoms with Crippen LogP contribution in [-0.2, 0) is 4.79 Å². The van der Waals surface area contributed by atoms with Gasteiger partial charge in [-0.25, -0.2) is 0 Å². The summed E-state index contributed by atoms with van der Waals surface area (Å²) in [5.41, 5.74) is 1.06. The van der Waals surface area contributed by atoms with Crippen LogP contribution < -0.4 is 14.8 Å². The molecule has 0 saturated heterocycles. The predicted octanol–water partition coefficient (Wildman–Crippen LogP) is 4.00. The molecular formula is C19H22ClNO3. The molecule has 2 aromatic rings. The van der Waals surface area contributed by atoms with E-state index in [0.717, 1.165) is 11.3 Å². The Balaban J connectivity index is 1.82. The summed E-state index contributed by atoms with van der Waals surface area (Å²) in [5, 5.41) is 3.36. The normalized spacial score (nSPS) is 13.0. The second kappa shape index (κ2) is 8.60. The van der Waals surface area contributed by atoms with Crippen molar-refractivity contribution in [2.45, 2.75) is 32.9 Å². The summed E-state index contributed by atoms with van der Waals surface area (Å²) in [6.07, 6.45) is -0.647. The maximum absolute atomic E-state index is 12.2. The number of nitrogens with one attached hydrogen (secondary N) is 1. The van der Waals surface area contributed by atoms with E-state index in [1.165, 1.54) is 0 Å². The monoisotopic (exact) mass is 347 g/mol. The molecule has 1 amide bonds. The van der Waals surface area contributed by atoms with Crippen LogP contribution in [0, 0.1) is 6.92 Å². The summed E-state index contributed by atoms with van der Waals surface area (Å²) in [5.74, 6) is 1.10. The first kappa shape index (κ1) is 18.1. The van der Waals surface area contributed by atoms with E-state index in [4.69, 9.17) is 21.1 Å². The molecule has 0 aromatic heterocycles. The number of halogens is 1. The first-order valence-electron chi connectivity index (χ1n) is 7.87. The smallest absolute Gasteiger partial charge is 0.261 e. The van der Waals surface area contributed by atoms with E-state index < -0.39 is 6.10 Å². The molecule has 0 bridgehead atoms. The zero-order valence-electron chi connectivity index (χ0n) is 14.1. The van der Waals surface area contributed by atoms with Crippen LogP contribution in [0.5, 0.6) is 11.5 Å². The summed E-state index contributed by atoms with van der Waals surface area (Å²) in [6, 6.07) is 14.7. The van der Waals surface area contributed by atoms with Gasteiger partial charge in [-0.3, -0.25) is 4.79 Å². The molecule has 0 spiro atoms. The van der Waals surface area contributed by atoms with E-state index in [2.05, 4.69) is 5.32 Å². The molecule has 0 aliphatic heterocycles. The van der Waals surface area contributed by atoms with E-state index >= 15 is 0 Å². The van der Waals surface area contributed by atoms with Crippen molar-refractivity contribution in [1.29, 1.82) is 0 Å². The van der Waals surface area contributed by atoms with Crippen molar-refractivity contribution in [1.82, 2.24) is 5.32 Å². The van der Waals surface area contributed by atoms with Crippen LogP contribution in [0.2, 0.25) is 5.02 Å². The number of rotatable bonds is 7. The Bertz CT molecular complexity index is 690. The van der Waals surface area contributed by atoms with Crippen LogP contribution in [0.25, 0.3) is 0 Å². The molecule has 0 aliphatic rings. The first-order valence-corrected chi connectivity index (χ1v) is 8.25. The van der Waals surface area contributed by atoms with E-state index in [-0.39, 0.29) is 11.9 Å². The van der Waals surface area contributed by atoms with Crippen LogP contribution in [0.1, 0.15) is 19.4 Å². The Labute approximate surface area is 147 Å². The predicted molar refractivity (Wildman–Crippen MR) is 95.8 cm³/mol.